The number of fused-ring (bicyclic) bond motifs is 3. The second kappa shape index (κ2) is 9.72. The van der Waals surface area contributed by atoms with Crippen LogP contribution in [0, 0.1) is 5.41 Å². The number of hydrogen-bond acceptors (Lipinski definition) is 4. The van der Waals surface area contributed by atoms with Crippen molar-refractivity contribution in [1.29, 1.82) is 0 Å². The van der Waals surface area contributed by atoms with Crippen LogP contribution in [0.1, 0.15) is 62.0 Å². The summed E-state index contributed by atoms with van der Waals surface area (Å²) >= 11 is 0. The minimum Gasteiger partial charge on any atom is -0.481 e. The molecule has 1 saturated heterocycles. The number of benzene rings is 2. The fourth-order valence-corrected chi connectivity index (χ4v) is 6.23. The molecule has 0 unspecified atom stereocenters. The number of ether oxygens (including phenoxy) is 1. The van der Waals surface area contributed by atoms with Crippen LogP contribution < -0.4 is 5.32 Å². The number of nitrogens with one attached hydrogen (secondary N) is 1. The van der Waals surface area contributed by atoms with E-state index in [9.17, 15) is 19.5 Å². The van der Waals surface area contributed by atoms with Gasteiger partial charge in [0.1, 0.15) is 6.61 Å². The molecule has 2 fully saturated rings. The van der Waals surface area contributed by atoms with Gasteiger partial charge in [-0.1, -0.05) is 61.4 Å². The van der Waals surface area contributed by atoms with E-state index < -0.39 is 17.5 Å². The van der Waals surface area contributed by atoms with Crippen molar-refractivity contribution in [3.63, 3.8) is 0 Å². The van der Waals surface area contributed by atoms with Crippen molar-refractivity contribution in [3.8, 4) is 11.1 Å². The first-order valence-corrected chi connectivity index (χ1v) is 12.6. The molecular weight excluding hydrogens is 444 g/mol. The third-order valence-corrected chi connectivity index (χ3v) is 7.98. The number of carboxylic acids is 1. The molecule has 0 bridgehead atoms. The van der Waals surface area contributed by atoms with E-state index in [2.05, 4.69) is 29.6 Å². The molecule has 2 aromatic carbocycles. The van der Waals surface area contributed by atoms with E-state index in [1.54, 1.807) is 4.90 Å². The zero-order valence-electron chi connectivity index (χ0n) is 19.9. The maximum atomic E-state index is 13.6. The number of amides is 2. The van der Waals surface area contributed by atoms with E-state index in [4.69, 9.17) is 4.74 Å². The highest BCUT2D eigenvalue weighted by molar-refractivity contribution is 5.85. The van der Waals surface area contributed by atoms with Gasteiger partial charge in [-0.25, -0.2) is 4.79 Å². The molecule has 1 heterocycles. The van der Waals surface area contributed by atoms with E-state index in [0.717, 1.165) is 30.4 Å². The number of likely N-dealkylation sites (tertiary alicyclic amines) is 1. The Morgan fingerprint density at radius 1 is 0.971 bits per heavy atom. The number of nitrogens with zero attached hydrogens (tertiary/aromatic N) is 1. The second-order valence-electron chi connectivity index (χ2n) is 10.1. The minimum atomic E-state index is -0.882. The Bertz CT molecular complexity index is 1080. The highest BCUT2D eigenvalue weighted by Gasteiger charge is 2.46. The summed E-state index contributed by atoms with van der Waals surface area (Å²) in [7, 11) is 0. The summed E-state index contributed by atoms with van der Waals surface area (Å²) in [6.07, 6.45) is 4.24. The monoisotopic (exact) mass is 476 g/mol. The molecule has 7 nitrogen and oxygen atoms in total. The van der Waals surface area contributed by atoms with Crippen LogP contribution in [0.15, 0.2) is 48.5 Å². The van der Waals surface area contributed by atoms with Gasteiger partial charge in [0, 0.05) is 25.0 Å². The van der Waals surface area contributed by atoms with E-state index in [0.29, 0.717) is 25.8 Å². The topological polar surface area (TPSA) is 95.9 Å². The van der Waals surface area contributed by atoms with Crippen LogP contribution in [0.25, 0.3) is 11.1 Å². The lowest BCUT2D eigenvalue weighted by molar-refractivity contribution is -0.145. The van der Waals surface area contributed by atoms with Crippen molar-refractivity contribution in [2.75, 3.05) is 19.7 Å². The summed E-state index contributed by atoms with van der Waals surface area (Å²) < 4.78 is 5.67. The normalized spacial score (nSPS) is 20.3. The lowest BCUT2D eigenvalue weighted by atomic mass is 9.84. The first-order valence-electron chi connectivity index (χ1n) is 12.6. The average molecular weight is 477 g/mol. The van der Waals surface area contributed by atoms with Crippen LogP contribution in [-0.2, 0) is 14.3 Å². The molecule has 5 rings (SSSR count). The Kier molecular flexibility index (Phi) is 6.50. The van der Waals surface area contributed by atoms with Crippen molar-refractivity contribution in [2.24, 2.45) is 5.41 Å². The Hall–Kier alpha value is -3.35. The zero-order valence-corrected chi connectivity index (χ0v) is 19.9. The number of carboxylic acid groups (broad SMARTS) is 1. The summed E-state index contributed by atoms with van der Waals surface area (Å²) in [4.78, 5) is 39.3. The first kappa shape index (κ1) is 23.4. The van der Waals surface area contributed by atoms with Gasteiger partial charge in [0.2, 0.25) is 5.91 Å². The van der Waals surface area contributed by atoms with E-state index >= 15 is 0 Å². The molecule has 1 saturated carbocycles. The maximum absolute atomic E-state index is 13.6. The summed E-state index contributed by atoms with van der Waals surface area (Å²) in [5, 5.41) is 12.1. The number of carbonyl (C=O) groups excluding carboxylic acids is 2. The molecule has 0 spiro atoms. The number of rotatable bonds is 7. The molecule has 35 heavy (non-hydrogen) atoms. The molecule has 3 aliphatic rings. The fraction of sp³-hybridized carbons (Fsp3) is 0.464. The fourth-order valence-electron chi connectivity index (χ4n) is 6.23. The number of alkyl carbamates (subject to hydrolysis) is 1. The van der Waals surface area contributed by atoms with Crippen LogP contribution in [0.4, 0.5) is 4.79 Å². The Labute approximate surface area is 205 Å². The van der Waals surface area contributed by atoms with Crippen molar-refractivity contribution in [1.82, 2.24) is 10.2 Å². The third-order valence-electron chi connectivity index (χ3n) is 7.98. The lowest BCUT2D eigenvalue weighted by Crippen LogP contribution is -2.50. The molecule has 2 amide bonds. The zero-order chi connectivity index (χ0) is 24.4. The van der Waals surface area contributed by atoms with Gasteiger partial charge in [0.15, 0.2) is 0 Å². The maximum Gasteiger partial charge on any atom is 0.407 e. The molecule has 2 aromatic rings. The molecule has 1 atom stereocenters. The molecule has 2 aliphatic carbocycles. The number of hydrogen-bond donors (Lipinski definition) is 2. The van der Waals surface area contributed by atoms with Crippen LogP contribution in [0.5, 0.6) is 0 Å². The smallest absolute Gasteiger partial charge is 0.407 e. The third kappa shape index (κ3) is 4.51. The summed E-state index contributed by atoms with van der Waals surface area (Å²) in [5.74, 6) is -0.916. The highest BCUT2D eigenvalue weighted by Crippen LogP contribution is 2.45. The van der Waals surface area contributed by atoms with Crippen LogP contribution >= 0.6 is 0 Å². The van der Waals surface area contributed by atoms with Crippen LogP contribution in [0.3, 0.4) is 0 Å². The van der Waals surface area contributed by atoms with Gasteiger partial charge < -0.3 is 20.1 Å². The second-order valence-corrected chi connectivity index (χ2v) is 10.1. The SMILES string of the molecule is O=C(O)C[C@H]1CCCN1C(=O)C1(CNC(=O)OCC2c3ccccc3-c3ccccc32)CCCC1. The average Bonchev–Trinajstić information content (AvgIpc) is 3.59. The predicted octanol–water partition coefficient (Wildman–Crippen LogP) is 4.55. The highest BCUT2D eigenvalue weighted by atomic mass is 16.5. The summed E-state index contributed by atoms with van der Waals surface area (Å²) in [5.41, 5.74) is 3.99. The molecule has 0 radical (unpaired) electrons. The number of carbonyl (C=O) groups is 3. The lowest BCUT2D eigenvalue weighted by Gasteiger charge is -2.35. The van der Waals surface area contributed by atoms with Crippen molar-refractivity contribution in [2.45, 2.75) is 56.9 Å². The van der Waals surface area contributed by atoms with Gasteiger partial charge >= 0.3 is 12.1 Å². The molecular formula is C28H32N2O5. The van der Waals surface area contributed by atoms with Crippen LogP contribution in [-0.4, -0.2) is 53.7 Å². The minimum absolute atomic E-state index is 0.0160. The summed E-state index contributed by atoms with van der Waals surface area (Å²) in [6, 6.07) is 16.1. The first-order chi connectivity index (χ1) is 17.0. The van der Waals surface area contributed by atoms with Crippen molar-refractivity contribution < 1.29 is 24.2 Å². The quantitative estimate of drug-likeness (QED) is 0.611. The van der Waals surface area contributed by atoms with Crippen molar-refractivity contribution in [3.05, 3.63) is 59.7 Å². The van der Waals surface area contributed by atoms with Gasteiger partial charge in [-0.05, 0) is 47.9 Å². The van der Waals surface area contributed by atoms with Crippen molar-refractivity contribution >= 4 is 18.0 Å². The molecule has 7 heteroatoms. The van der Waals surface area contributed by atoms with Crippen LogP contribution in [0.2, 0.25) is 0 Å². The predicted molar refractivity (Wildman–Crippen MR) is 131 cm³/mol. The van der Waals surface area contributed by atoms with Gasteiger partial charge in [0.05, 0.1) is 11.8 Å². The largest absolute Gasteiger partial charge is 0.481 e. The Morgan fingerprint density at radius 2 is 1.60 bits per heavy atom. The number of aliphatic carboxylic acids is 1. The van der Waals surface area contributed by atoms with E-state index in [1.807, 2.05) is 24.3 Å². The van der Waals surface area contributed by atoms with E-state index in [-0.39, 0.29) is 37.4 Å². The van der Waals surface area contributed by atoms with Gasteiger partial charge in [0.25, 0.3) is 0 Å². The molecule has 1 aliphatic heterocycles. The van der Waals surface area contributed by atoms with Gasteiger partial charge in [-0.15, -0.1) is 0 Å². The van der Waals surface area contributed by atoms with Gasteiger partial charge in [-0.3, -0.25) is 9.59 Å². The standard InChI is InChI=1S/C28H32N2O5/c31-25(32)16-19-8-7-15-30(19)26(33)28(13-5-6-14-28)18-29-27(34)35-17-24-22-11-3-1-9-20(22)21-10-2-4-12-23(21)24/h1-4,9-12,19,24H,5-8,13-18H2,(H,29,34)(H,31,32)/t19-/m1/s1. The van der Waals surface area contributed by atoms with Gasteiger partial charge in [-0.2, -0.15) is 0 Å². The molecule has 0 aromatic heterocycles. The Morgan fingerprint density at radius 3 is 2.23 bits per heavy atom. The Balaban J connectivity index is 1.22. The molecule has 2 N–H and O–H groups in total. The van der Waals surface area contributed by atoms with E-state index in [1.165, 1.54) is 11.1 Å². The summed E-state index contributed by atoms with van der Waals surface area (Å²) in [6.45, 7) is 1.04. The molecule has 184 valence electrons.